The molecule has 1 heterocycles. The normalized spacial score (nSPS) is 11.2. The Morgan fingerprint density at radius 1 is 1.35 bits per heavy atom. The van der Waals surface area contributed by atoms with Gasteiger partial charge in [-0.2, -0.15) is 0 Å². The van der Waals surface area contributed by atoms with E-state index in [1.54, 1.807) is 24.9 Å². The van der Waals surface area contributed by atoms with Gasteiger partial charge in [0.15, 0.2) is 0 Å². The molecule has 112 valence electrons. The van der Waals surface area contributed by atoms with E-state index in [9.17, 15) is 9.90 Å². The molecule has 1 rings (SSSR count). The minimum atomic E-state index is -0.929. The highest BCUT2D eigenvalue weighted by Gasteiger charge is 2.23. The van der Waals surface area contributed by atoms with Gasteiger partial charge in [0.2, 0.25) is 0 Å². The van der Waals surface area contributed by atoms with E-state index in [1.807, 2.05) is 6.92 Å². The van der Waals surface area contributed by atoms with Crippen LogP contribution in [0.3, 0.4) is 0 Å². The van der Waals surface area contributed by atoms with Gasteiger partial charge in [-0.1, -0.05) is 6.92 Å². The van der Waals surface area contributed by atoms with Crippen molar-refractivity contribution in [1.82, 2.24) is 14.9 Å². The predicted octanol–water partition coefficient (Wildman–Crippen LogP) is 1.53. The molecular weight excluding hydrogens is 256 g/mol. The maximum absolute atomic E-state index is 12.3. The van der Waals surface area contributed by atoms with Crippen molar-refractivity contribution >= 4 is 11.7 Å². The minimum absolute atomic E-state index is 0.218. The van der Waals surface area contributed by atoms with Crippen molar-refractivity contribution in [2.75, 3.05) is 25.0 Å². The van der Waals surface area contributed by atoms with Gasteiger partial charge >= 0.3 is 0 Å². The summed E-state index contributed by atoms with van der Waals surface area (Å²) in [6.07, 6.45) is 4.02. The second kappa shape index (κ2) is 7.19. The molecule has 0 aliphatic carbocycles. The third-order valence-corrected chi connectivity index (χ3v) is 2.67. The summed E-state index contributed by atoms with van der Waals surface area (Å²) in [5, 5.41) is 12.9. The summed E-state index contributed by atoms with van der Waals surface area (Å²) in [6, 6.07) is 0. The van der Waals surface area contributed by atoms with Crippen molar-refractivity contribution in [2.45, 2.75) is 39.7 Å². The molecule has 0 aliphatic heterocycles. The van der Waals surface area contributed by atoms with Crippen LogP contribution in [0.15, 0.2) is 12.4 Å². The Balaban J connectivity index is 2.75. The summed E-state index contributed by atoms with van der Waals surface area (Å²) >= 11 is 0. The van der Waals surface area contributed by atoms with Crippen LogP contribution in [0.2, 0.25) is 0 Å². The first-order chi connectivity index (χ1) is 9.37. The summed E-state index contributed by atoms with van der Waals surface area (Å²) in [6.45, 7) is 8.88. The second-order valence-corrected chi connectivity index (χ2v) is 5.35. The molecule has 1 aromatic rings. The molecule has 0 unspecified atom stereocenters. The van der Waals surface area contributed by atoms with Crippen molar-refractivity contribution < 1.29 is 9.90 Å². The van der Waals surface area contributed by atoms with Gasteiger partial charge in [-0.15, -0.1) is 0 Å². The first-order valence-corrected chi connectivity index (χ1v) is 6.95. The summed E-state index contributed by atoms with van der Waals surface area (Å²) in [5.74, 6) is 0.443. The molecule has 6 heteroatoms. The number of aliphatic hydroxyl groups is 1. The molecule has 0 saturated carbocycles. The summed E-state index contributed by atoms with van der Waals surface area (Å²) < 4.78 is 0. The molecule has 20 heavy (non-hydrogen) atoms. The highest BCUT2D eigenvalue weighted by molar-refractivity contribution is 5.92. The molecule has 6 nitrogen and oxygen atoms in total. The zero-order valence-electron chi connectivity index (χ0n) is 12.7. The van der Waals surface area contributed by atoms with Gasteiger partial charge in [-0.3, -0.25) is 4.79 Å². The molecule has 0 atom stereocenters. The molecule has 0 aromatic carbocycles. The topological polar surface area (TPSA) is 78.4 Å². The maximum Gasteiger partial charge on any atom is 0.274 e. The van der Waals surface area contributed by atoms with Gasteiger partial charge in [0.1, 0.15) is 11.5 Å². The van der Waals surface area contributed by atoms with Gasteiger partial charge in [-0.05, 0) is 27.2 Å². The van der Waals surface area contributed by atoms with Crippen LogP contribution >= 0.6 is 0 Å². The number of amides is 1. The third kappa shape index (κ3) is 5.13. The molecule has 0 bridgehead atoms. The lowest BCUT2D eigenvalue weighted by Crippen LogP contribution is -2.42. The molecule has 0 fully saturated rings. The van der Waals surface area contributed by atoms with Crippen molar-refractivity contribution in [3.05, 3.63) is 18.1 Å². The first-order valence-electron chi connectivity index (χ1n) is 6.95. The monoisotopic (exact) mass is 280 g/mol. The lowest BCUT2D eigenvalue weighted by molar-refractivity contribution is 0.0311. The van der Waals surface area contributed by atoms with Crippen LogP contribution in [-0.2, 0) is 0 Å². The molecule has 0 saturated heterocycles. The quantitative estimate of drug-likeness (QED) is 0.792. The second-order valence-electron chi connectivity index (χ2n) is 5.35. The number of nitrogens with zero attached hydrogens (tertiary/aromatic N) is 3. The Hall–Kier alpha value is -1.69. The van der Waals surface area contributed by atoms with Crippen LogP contribution in [0.5, 0.6) is 0 Å². The Bertz CT molecular complexity index is 426. The predicted molar refractivity (Wildman–Crippen MR) is 78.7 cm³/mol. The lowest BCUT2D eigenvalue weighted by atomic mass is 10.1. The average Bonchev–Trinajstić information content (AvgIpc) is 2.41. The molecule has 2 N–H and O–H groups in total. The largest absolute Gasteiger partial charge is 0.389 e. The van der Waals surface area contributed by atoms with Crippen LogP contribution in [-0.4, -0.2) is 51.1 Å². The zero-order chi connectivity index (χ0) is 15.2. The zero-order valence-corrected chi connectivity index (χ0v) is 12.7. The fraction of sp³-hybridized carbons (Fsp3) is 0.643. The Morgan fingerprint density at radius 3 is 2.50 bits per heavy atom. The van der Waals surface area contributed by atoms with Gasteiger partial charge < -0.3 is 15.3 Å². The number of likely N-dealkylation sites (N-methyl/N-ethyl adjacent to an activating group) is 1. The SMILES string of the molecule is CCCNc1cnc(C(=O)N(CC)CC(C)(C)O)cn1. The minimum Gasteiger partial charge on any atom is -0.389 e. The van der Waals surface area contributed by atoms with Gasteiger partial charge in [0, 0.05) is 19.6 Å². The highest BCUT2D eigenvalue weighted by Crippen LogP contribution is 2.09. The van der Waals surface area contributed by atoms with Crippen LogP contribution in [0.25, 0.3) is 0 Å². The van der Waals surface area contributed by atoms with Crippen molar-refractivity contribution in [3.63, 3.8) is 0 Å². The van der Waals surface area contributed by atoms with E-state index in [0.29, 0.717) is 12.4 Å². The number of carbonyl (C=O) groups is 1. The van der Waals surface area contributed by atoms with Crippen molar-refractivity contribution in [3.8, 4) is 0 Å². The Morgan fingerprint density at radius 2 is 2.05 bits per heavy atom. The molecule has 0 radical (unpaired) electrons. The molecular formula is C14H24N4O2. The maximum atomic E-state index is 12.3. The van der Waals surface area contributed by atoms with E-state index >= 15 is 0 Å². The molecule has 1 amide bonds. The first kappa shape index (κ1) is 16.4. The number of anilines is 1. The van der Waals surface area contributed by atoms with E-state index < -0.39 is 5.60 Å². The number of hydrogen-bond acceptors (Lipinski definition) is 5. The van der Waals surface area contributed by atoms with E-state index in [0.717, 1.165) is 13.0 Å². The van der Waals surface area contributed by atoms with Gasteiger partial charge in [-0.25, -0.2) is 9.97 Å². The highest BCUT2D eigenvalue weighted by atomic mass is 16.3. The number of nitrogens with one attached hydrogen (secondary N) is 1. The van der Waals surface area contributed by atoms with E-state index in [2.05, 4.69) is 22.2 Å². The molecule has 1 aromatic heterocycles. The average molecular weight is 280 g/mol. The van der Waals surface area contributed by atoms with E-state index in [-0.39, 0.29) is 18.1 Å². The lowest BCUT2D eigenvalue weighted by Gasteiger charge is -2.27. The standard InChI is InChI=1S/C14H24N4O2/c1-5-7-15-12-9-16-11(8-17-12)13(19)18(6-2)10-14(3,4)20/h8-9,20H,5-7,10H2,1-4H3,(H,15,17). The van der Waals surface area contributed by atoms with Gasteiger partial charge in [0.05, 0.1) is 18.0 Å². The van der Waals surface area contributed by atoms with E-state index in [1.165, 1.54) is 6.20 Å². The smallest absolute Gasteiger partial charge is 0.274 e. The summed E-state index contributed by atoms with van der Waals surface area (Å²) in [7, 11) is 0. The number of hydrogen-bond donors (Lipinski definition) is 2. The van der Waals surface area contributed by atoms with Gasteiger partial charge in [0.25, 0.3) is 5.91 Å². The van der Waals surface area contributed by atoms with Crippen LogP contribution in [0.4, 0.5) is 5.82 Å². The fourth-order valence-corrected chi connectivity index (χ4v) is 1.74. The van der Waals surface area contributed by atoms with E-state index in [4.69, 9.17) is 0 Å². The number of carbonyl (C=O) groups excluding carboxylic acids is 1. The van der Waals surface area contributed by atoms with Crippen molar-refractivity contribution in [1.29, 1.82) is 0 Å². The summed E-state index contributed by atoms with van der Waals surface area (Å²) in [5.41, 5.74) is -0.639. The van der Waals surface area contributed by atoms with Crippen LogP contribution in [0.1, 0.15) is 44.6 Å². The molecule has 0 aliphatic rings. The number of rotatable bonds is 7. The number of aromatic nitrogens is 2. The van der Waals surface area contributed by atoms with Crippen LogP contribution < -0.4 is 5.32 Å². The van der Waals surface area contributed by atoms with Crippen LogP contribution in [0, 0.1) is 0 Å². The third-order valence-electron chi connectivity index (χ3n) is 2.67. The molecule has 0 spiro atoms. The Kier molecular flexibility index (Phi) is 5.88. The van der Waals surface area contributed by atoms with Crippen molar-refractivity contribution in [2.24, 2.45) is 0 Å². The fourth-order valence-electron chi connectivity index (χ4n) is 1.74. The Labute approximate surface area is 120 Å². The summed E-state index contributed by atoms with van der Waals surface area (Å²) in [4.78, 5) is 22.1.